The zero-order chi connectivity index (χ0) is 13.2. The second kappa shape index (κ2) is 4.91. The summed E-state index contributed by atoms with van der Waals surface area (Å²) >= 11 is 0. The molecule has 1 aliphatic heterocycles. The number of hydrogen-bond acceptors (Lipinski definition) is 3. The molecule has 0 aromatic carbocycles. The molecule has 0 bridgehead atoms. The first kappa shape index (κ1) is 12.0. The highest BCUT2D eigenvalue weighted by atomic mass is 16.3. The largest absolute Gasteiger partial charge is 0.459 e. The number of aromatic nitrogens is 2. The van der Waals surface area contributed by atoms with Crippen LogP contribution in [0.2, 0.25) is 0 Å². The second-order valence-electron chi connectivity index (χ2n) is 5.04. The van der Waals surface area contributed by atoms with Crippen LogP contribution in [0.4, 0.5) is 0 Å². The monoisotopic (exact) mass is 259 g/mol. The lowest BCUT2D eigenvalue weighted by atomic mass is 9.99. The number of aryl methyl sites for hydroxylation is 2. The van der Waals surface area contributed by atoms with Crippen LogP contribution in [0.3, 0.4) is 0 Å². The minimum atomic E-state index is -0.126. The van der Waals surface area contributed by atoms with Gasteiger partial charge in [0.1, 0.15) is 5.82 Å². The summed E-state index contributed by atoms with van der Waals surface area (Å²) in [6, 6.07) is 1.80. The van der Waals surface area contributed by atoms with Gasteiger partial charge < -0.3 is 14.3 Å². The summed E-state index contributed by atoms with van der Waals surface area (Å²) in [7, 11) is 0. The third-order valence-electron chi connectivity index (χ3n) is 3.65. The van der Waals surface area contributed by atoms with Gasteiger partial charge in [-0.2, -0.15) is 0 Å². The highest BCUT2D eigenvalue weighted by Crippen LogP contribution is 2.18. The van der Waals surface area contributed by atoms with Crippen molar-refractivity contribution in [1.82, 2.24) is 14.9 Å². The van der Waals surface area contributed by atoms with Crippen LogP contribution in [0.5, 0.6) is 0 Å². The molecule has 100 valence electrons. The van der Waals surface area contributed by atoms with Crippen LogP contribution < -0.4 is 5.32 Å². The fourth-order valence-electron chi connectivity index (χ4n) is 2.53. The van der Waals surface area contributed by atoms with Crippen LogP contribution in [-0.2, 0) is 13.0 Å². The van der Waals surface area contributed by atoms with E-state index >= 15 is 0 Å². The number of rotatable bonds is 3. The average molecular weight is 259 g/mol. The van der Waals surface area contributed by atoms with Crippen molar-refractivity contribution in [3.8, 4) is 0 Å². The molecule has 2 aromatic rings. The van der Waals surface area contributed by atoms with Gasteiger partial charge in [0.15, 0.2) is 5.76 Å². The fourth-order valence-corrected chi connectivity index (χ4v) is 2.53. The number of nitrogens with one attached hydrogen (secondary N) is 1. The molecule has 5 heteroatoms. The van der Waals surface area contributed by atoms with Gasteiger partial charge in [0.25, 0.3) is 5.91 Å². The van der Waals surface area contributed by atoms with E-state index in [1.807, 2.05) is 19.3 Å². The number of carbonyl (C=O) groups excluding carboxylic acids is 1. The van der Waals surface area contributed by atoms with Gasteiger partial charge in [0.2, 0.25) is 0 Å². The van der Waals surface area contributed by atoms with Gasteiger partial charge in [0, 0.05) is 37.5 Å². The lowest BCUT2D eigenvalue weighted by Gasteiger charge is -2.23. The van der Waals surface area contributed by atoms with Crippen molar-refractivity contribution in [3.63, 3.8) is 0 Å². The molecule has 0 spiro atoms. The summed E-state index contributed by atoms with van der Waals surface area (Å²) in [6.07, 6.45) is 7.42. The van der Waals surface area contributed by atoms with E-state index in [-0.39, 0.29) is 5.91 Å². The molecule has 5 nitrogen and oxygen atoms in total. The van der Waals surface area contributed by atoms with Gasteiger partial charge in [0.05, 0.1) is 6.26 Å². The summed E-state index contributed by atoms with van der Waals surface area (Å²) < 4.78 is 7.35. The number of hydrogen-bond donors (Lipinski definition) is 1. The van der Waals surface area contributed by atoms with Crippen LogP contribution in [-0.4, -0.2) is 22.0 Å². The molecule has 0 saturated carbocycles. The van der Waals surface area contributed by atoms with Crippen molar-refractivity contribution in [2.24, 2.45) is 5.92 Å². The van der Waals surface area contributed by atoms with Crippen molar-refractivity contribution in [2.45, 2.75) is 26.3 Å². The van der Waals surface area contributed by atoms with Crippen LogP contribution in [0, 0.1) is 12.8 Å². The smallest absolute Gasteiger partial charge is 0.287 e. The first-order valence-corrected chi connectivity index (χ1v) is 6.56. The molecule has 0 fully saturated rings. The maximum atomic E-state index is 11.9. The van der Waals surface area contributed by atoms with E-state index in [1.165, 1.54) is 0 Å². The normalized spacial score (nSPS) is 18.1. The SMILES string of the molecule is Cc1ccoc1C(=O)NC[C@@H]1CCc2nccn2C1. The van der Waals surface area contributed by atoms with E-state index in [4.69, 9.17) is 4.42 Å². The third kappa shape index (κ3) is 2.41. The van der Waals surface area contributed by atoms with Crippen LogP contribution >= 0.6 is 0 Å². The topological polar surface area (TPSA) is 60.1 Å². The molecule has 0 aliphatic carbocycles. The maximum absolute atomic E-state index is 11.9. The molecule has 1 N–H and O–H groups in total. The Labute approximate surface area is 111 Å². The van der Waals surface area contributed by atoms with Crippen LogP contribution in [0.25, 0.3) is 0 Å². The molecule has 1 atom stereocenters. The van der Waals surface area contributed by atoms with Gasteiger partial charge in [-0.3, -0.25) is 4.79 Å². The fraction of sp³-hybridized carbons (Fsp3) is 0.429. The van der Waals surface area contributed by atoms with Crippen LogP contribution in [0.15, 0.2) is 29.1 Å². The van der Waals surface area contributed by atoms with Crippen molar-refractivity contribution in [1.29, 1.82) is 0 Å². The Hall–Kier alpha value is -2.04. The number of furan rings is 1. The van der Waals surface area contributed by atoms with E-state index in [0.717, 1.165) is 30.8 Å². The van der Waals surface area contributed by atoms with Crippen molar-refractivity contribution < 1.29 is 9.21 Å². The first-order chi connectivity index (χ1) is 9.24. The lowest BCUT2D eigenvalue weighted by Crippen LogP contribution is -2.33. The molecule has 0 radical (unpaired) electrons. The maximum Gasteiger partial charge on any atom is 0.287 e. The number of fused-ring (bicyclic) bond motifs is 1. The highest BCUT2D eigenvalue weighted by molar-refractivity contribution is 5.92. The molecule has 3 rings (SSSR count). The minimum Gasteiger partial charge on any atom is -0.459 e. The Morgan fingerprint density at radius 3 is 3.32 bits per heavy atom. The van der Waals surface area contributed by atoms with E-state index in [0.29, 0.717) is 18.2 Å². The first-order valence-electron chi connectivity index (χ1n) is 6.56. The number of amides is 1. The molecule has 1 aliphatic rings. The summed E-state index contributed by atoms with van der Waals surface area (Å²) in [5.74, 6) is 1.89. The van der Waals surface area contributed by atoms with Gasteiger partial charge in [-0.25, -0.2) is 4.98 Å². The van der Waals surface area contributed by atoms with Crippen molar-refractivity contribution >= 4 is 5.91 Å². The summed E-state index contributed by atoms with van der Waals surface area (Å²) in [4.78, 5) is 16.2. The summed E-state index contributed by atoms with van der Waals surface area (Å²) in [6.45, 7) is 3.47. The molecule has 19 heavy (non-hydrogen) atoms. The number of carbonyl (C=O) groups is 1. The number of nitrogens with zero attached hydrogens (tertiary/aromatic N) is 2. The van der Waals surface area contributed by atoms with Gasteiger partial charge in [-0.1, -0.05) is 0 Å². The average Bonchev–Trinajstić information content (AvgIpc) is 3.03. The van der Waals surface area contributed by atoms with Crippen molar-refractivity contribution in [3.05, 3.63) is 41.9 Å². The summed E-state index contributed by atoms with van der Waals surface area (Å²) in [5, 5.41) is 2.95. The van der Waals surface area contributed by atoms with Gasteiger partial charge >= 0.3 is 0 Å². The van der Waals surface area contributed by atoms with E-state index in [9.17, 15) is 4.79 Å². The summed E-state index contributed by atoms with van der Waals surface area (Å²) in [5.41, 5.74) is 0.873. The molecule has 0 unspecified atom stereocenters. The Bertz CT molecular complexity index is 585. The van der Waals surface area contributed by atoms with Crippen LogP contribution in [0.1, 0.15) is 28.4 Å². The lowest BCUT2D eigenvalue weighted by molar-refractivity contribution is 0.0915. The Morgan fingerprint density at radius 1 is 1.63 bits per heavy atom. The highest BCUT2D eigenvalue weighted by Gasteiger charge is 2.20. The van der Waals surface area contributed by atoms with E-state index in [1.54, 1.807) is 12.3 Å². The zero-order valence-electron chi connectivity index (χ0n) is 10.9. The molecule has 3 heterocycles. The van der Waals surface area contributed by atoms with E-state index < -0.39 is 0 Å². The molecular weight excluding hydrogens is 242 g/mol. The Morgan fingerprint density at radius 2 is 2.53 bits per heavy atom. The quantitative estimate of drug-likeness (QED) is 0.914. The second-order valence-corrected chi connectivity index (χ2v) is 5.04. The predicted octanol–water partition coefficient (Wildman–Crippen LogP) is 1.78. The number of imidazole rings is 1. The van der Waals surface area contributed by atoms with Crippen molar-refractivity contribution in [2.75, 3.05) is 6.54 Å². The predicted molar refractivity (Wildman–Crippen MR) is 69.8 cm³/mol. The molecule has 2 aromatic heterocycles. The van der Waals surface area contributed by atoms with E-state index in [2.05, 4.69) is 14.9 Å². The minimum absolute atomic E-state index is 0.126. The molecular formula is C14H17N3O2. The molecule has 1 amide bonds. The standard InChI is InChI=1S/C14H17N3O2/c1-10-4-7-19-13(10)14(18)16-8-11-2-3-12-15-5-6-17(12)9-11/h4-7,11H,2-3,8-9H2,1H3,(H,16,18)/t11-/m0/s1. The Balaban J connectivity index is 1.56. The van der Waals surface area contributed by atoms with Gasteiger partial charge in [-0.05, 0) is 25.3 Å². The van der Waals surface area contributed by atoms with Gasteiger partial charge in [-0.15, -0.1) is 0 Å². The zero-order valence-corrected chi connectivity index (χ0v) is 10.9. The molecule has 0 saturated heterocycles. The Kier molecular flexibility index (Phi) is 3.11. The third-order valence-corrected chi connectivity index (χ3v) is 3.65.